The molecule has 1 aliphatic heterocycles. The zero-order valence-corrected chi connectivity index (χ0v) is 10.7. The highest BCUT2D eigenvalue weighted by atomic mass is 16.1. The summed E-state index contributed by atoms with van der Waals surface area (Å²) in [5.41, 5.74) is 7.85. The van der Waals surface area contributed by atoms with Gasteiger partial charge in [0.1, 0.15) is 0 Å². The molecule has 0 aliphatic carbocycles. The number of amides is 1. The number of hydrogen-bond acceptors (Lipinski definition) is 3. The molecule has 1 saturated heterocycles. The average Bonchev–Trinajstić information content (AvgIpc) is 2.46. The van der Waals surface area contributed by atoms with Crippen LogP contribution in [-0.4, -0.2) is 24.0 Å². The van der Waals surface area contributed by atoms with Crippen molar-refractivity contribution < 1.29 is 4.79 Å². The molecule has 0 unspecified atom stereocenters. The maximum absolute atomic E-state index is 11.7. The number of pyridine rings is 1. The van der Waals surface area contributed by atoms with E-state index in [2.05, 4.69) is 10.3 Å². The lowest BCUT2D eigenvalue weighted by Gasteiger charge is -2.24. The Bertz CT molecular complexity index is 618. The Morgan fingerprint density at radius 3 is 2.95 bits per heavy atom. The van der Waals surface area contributed by atoms with E-state index in [1.807, 2.05) is 30.3 Å². The summed E-state index contributed by atoms with van der Waals surface area (Å²) in [5, 5.41) is 4.32. The number of aromatic nitrogens is 1. The van der Waals surface area contributed by atoms with Gasteiger partial charge in [-0.3, -0.25) is 9.78 Å². The molecular formula is C15H17N3O. The van der Waals surface area contributed by atoms with Crippen molar-refractivity contribution in [2.45, 2.75) is 18.8 Å². The van der Waals surface area contributed by atoms with Gasteiger partial charge in [0.15, 0.2) is 0 Å². The number of para-hydroxylation sites is 1. The highest BCUT2D eigenvalue weighted by Crippen LogP contribution is 2.27. The van der Waals surface area contributed by atoms with E-state index < -0.39 is 0 Å². The molecule has 4 nitrogen and oxygen atoms in total. The Labute approximate surface area is 112 Å². The van der Waals surface area contributed by atoms with Gasteiger partial charge in [-0.25, -0.2) is 0 Å². The molecule has 0 radical (unpaired) electrons. The Morgan fingerprint density at radius 1 is 1.37 bits per heavy atom. The van der Waals surface area contributed by atoms with E-state index >= 15 is 0 Å². The van der Waals surface area contributed by atoms with Gasteiger partial charge < -0.3 is 11.1 Å². The van der Waals surface area contributed by atoms with Gasteiger partial charge in [0.05, 0.1) is 16.8 Å². The molecule has 1 aromatic carbocycles. The minimum Gasteiger partial charge on any atom is -0.366 e. The van der Waals surface area contributed by atoms with Gasteiger partial charge in [0.2, 0.25) is 0 Å². The number of fused-ring (bicyclic) bond motifs is 1. The van der Waals surface area contributed by atoms with Gasteiger partial charge >= 0.3 is 0 Å². The maximum atomic E-state index is 11.7. The summed E-state index contributed by atoms with van der Waals surface area (Å²) in [6, 6.07) is 9.70. The van der Waals surface area contributed by atoms with Crippen LogP contribution in [0.3, 0.4) is 0 Å². The van der Waals surface area contributed by atoms with Crippen molar-refractivity contribution in [1.82, 2.24) is 10.3 Å². The lowest BCUT2D eigenvalue weighted by molar-refractivity contribution is 0.0998. The van der Waals surface area contributed by atoms with Crippen molar-refractivity contribution in [3.63, 3.8) is 0 Å². The van der Waals surface area contributed by atoms with Crippen LogP contribution in [0.2, 0.25) is 0 Å². The molecule has 1 atom stereocenters. The SMILES string of the molecule is NC(=O)c1cc2ccccc2nc1[C@@H]1CCCNC1. The quantitative estimate of drug-likeness (QED) is 0.859. The molecule has 4 heteroatoms. The number of piperidine rings is 1. The number of nitrogens with two attached hydrogens (primary N) is 1. The fraction of sp³-hybridized carbons (Fsp3) is 0.333. The van der Waals surface area contributed by atoms with E-state index in [1.165, 1.54) is 0 Å². The van der Waals surface area contributed by atoms with Crippen LogP contribution in [0.4, 0.5) is 0 Å². The van der Waals surface area contributed by atoms with Crippen LogP contribution in [0.1, 0.15) is 34.8 Å². The first-order chi connectivity index (χ1) is 9.25. The van der Waals surface area contributed by atoms with Gasteiger partial charge in [-0.1, -0.05) is 18.2 Å². The first-order valence-corrected chi connectivity index (χ1v) is 6.66. The fourth-order valence-corrected chi connectivity index (χ4v) is 2.72. The Morgan fingerprint density at radius 2 is 2.21 bits per heavy atom. The van der Waals surface area contributed by atoms with Crippen LogP contribution < -0.4 is 11.1 Å². The lowest BCUT2D eigenvalue weighted by Crippen LogP contribution is -2.30. The molecule has 0 saturated carbocycles. The molecule has 1 aliphatic rings. The number of carbonyl (C=O) groups excluding carboxylic acids is 1. The van der Waals surface area contributed by atoms with Crippen LogP contribution in [0.25, 0.3) is 10.9 Å². The molecule has 3 rings (SSSR count). The second-order valence-electron chi connectivity index (χ2n) is 5.02. The number of benzene rings is 1. The van der Waals surface area contributed by atoms with Gasteiger partial charge in [-0.15, -0.1) is 0 Å². The van der Waals surface area contributed by atoms with Gasteiger partial charge in [-0.2, -0.15) is 0 Å². The van der Waals surface area contributed by atoms with Crippen LogP contribution in [0.5, 0.6) is 0 Å². The summed E-state index contributed by atoms with van der Waals surface area (Å²) in [6.07, 6.45) is 2.16. The molecule has 98 valence electrons. The molecule has 0 spiro atoms. The molecule has 3 N–H and O–H groups in total. The van der Waals surface area contributed by atoms with Crippen molar-refractivity contribution >= 4 is 16.8 Å². The molecule has 0 bridgehead atoms. The summed E-state index contributed by atoms with van der Waals surface area (Å²) in [5.74, 6) is -0.111. The minimum absolute atomic E-state index is 0.279. The zero-order chi connectivity index (χ0) is 13.2. The summed E-state index contributed by atoms with van der Waals surface area (Å²) in [4.78, 5) is 16.3. The predicted molar refractivity (Wildman–Crippen MR) is 75.1 cm³/mol. The summed E-state index contributed by atoms with van der Waals surface area (Å²) >= 11 is 0. The zero-order valence-electron chi connectivity index (χ0n) is 10.7. The third kappa shape index (κ3) is 2.31. The number of nitrogens with zero attached hydrogens (tertiary/aromatic N) is 1. The minimum atomic E-state index is -0.390. The number of carbonyl (C=O) groups is 1. The van der Waals surface area contributed by atoms with Gasteiger partial charge in [-0.05, 0) is 31.5 Å². The van der Waals surface area contributed by atoms with Crippen molar-refractivity contribution in [3.05, 3.63) is 41.6 Å². The Kier molecular flexibility index (Phi) is 3.17. The molecule has 1 amide bonds. The molecule has 2 heterocycles. The summed E-state index contributed by atoms with van der Waals surface area (Å²) in [7, 11) is 0. The maximum Gasteiger partial charge on any atom is 0.250 e. The van der Waals surface area contributed by atoms with Crippen LogP contribution in [-0.2, 0) is 0 Å². The van der Waals surface area contributed by atoms with E-state index in [1.54, 1.807) is 0 Å². The first kappa shape index (κ1) is 12.1. The Balaban J connectivity index is 2.14. The van der Waals surface area contributed by atoms with Crippen molar-refractivity contribution in [2.75, 3.05) is 13.1 Å². The highest BCUT2D eigenvalue weighted by molar-refractivity contribution is 5.97. The standard InChI is InChI=1S/C15H17N3O/c16-15(19)12-8-10-4-1-2-6-13(10)18-14(12)11-5-3-7-17-9-11/h1-2,4,6,8,11,17H,3,5,7,9H2,(H2,16,19)/t11-/m1/s1. The van der Waals surface area contributed by atoms with Crippen LogP contribution >= 0.6 is 0 Å². The van der Waals surface area contributed by atoms with Crippen molar-refractivity contribution in [1.29, 1.82) is 0 Å². The number of nitrogens with one attached hydrogen (secondary N) is 1. The third-order valence-corrected chi connectivity index (χ3v) is 3.70. The lowest BCUT2D eigenvalue weighted by atomic mass is 9.91. The molecule has 1 fully saturated rings. The Hall–Kier alpha value is -1.94. The largest absolute Gasteiger partial charge is 0.366 e. The van der Waals surface area contributed by atoms with Gasteiger partial charge in [0, 0.05) is 17.8 Å². The monoisotopic (exact) mass is 255 g/mol. The third-order valence-electron chi connectivity index (χ3n) is 3.70. The molecule has 19 heavy (non-hydrogen) atoms. The number of primary amides is 1. The molecule has 1 aromatic heterocycles. The van der Waals surface area contributed by atoms with Gasteiger partial charge in [0.25, 0.3) is 5.91 Å². The van der Waals surface area contributed by atoms with E-state index in [0.717, 1.165) is 42.5 Å². The fourth-order valence-electron chi connectivity index (χ4n) is 2.72. The van der Waals surface area contributed by atoms with Crippen molar-refractivity contribution in [3.8, 4) is 0 Å². The second-order valence-corrected chi connectivity index (χ2v) is 5.02. The second kappa shape index (κ2) is 4.97. The summed E-state index contributed by atoms with van der Waals surface area (Å²) in [6.45, 7) is 1.90. The van der Waals surface area contributed by atoms with Crippen molar-refractivity contribution in [2.24, 2.45) is 5.73 Å². The normalized spacial score (nSPS) is 19.5. The topological polar surface area (TPSA) is 68.0 Å². The first-order valence-electron chi connectivity index (χ1n) is 6.66. The number of rotatable bonds is 2. The molecular weight excluding hydrogens is 238 g/mol. The van der Waals surface area contributed by atoms with E-state index in [0.29, 0.717) is 5.56 Å². The van der Waals surface area contributed by atoms with E-state index in [-0.39, 0.29) is 11.8 Å². The van der Waals surface area contributed by atoms with Crippen LogP contribution in [0, 0.1) is 0 Å². The predicted octanol–water partition coefficient (Wildman–Crippen LogP) is 1.80. The molecule has 2 aromatic rings. The van der Waals surface area contributed by atoms with E-state index in [9.17, 15) is 4.79 Å². The highest BCUT2D eigenvalue weighted by Gasteiger charge is 2.22. The summed E-state index contributed by atoms with van der Waals surface area (Å²) < 4.78 is 0. The average molecular weight is 255 g/mol. The van der Waals surface area contributed by atoms with E-state index in [4.69, 9.17) is 5.73 Å². The van der Waals surface area contributed by atoms with Crippen LogP contribution in [0.15, 0.2) is 30.3 Å². The smallest absolute Gasteiger partial charge is 0.250 e. The number of hydrogen-bond donors (Lipinski definition) is 2.